The van der Waals surface area contributed by atoms with Gasteiger partial charge in [-0.3, -0.25) is 9.59 Å². The normalized spacial score (nSPS) is 14.2. The smallest absolute Gasteiger partial charge is 0.227 e. The molecular weight excluding hydrogens is 418 g/mol. The molecule has 0 spiro atoms. The maximum absolute atomic E-state index is 12.1. The number of aliphatic hydroxyl groups is 2. The molecule has 1 amide bonds. The van der Waals surface area contributed by atoms with Crippen LogP contribution in [0.1, 0.15) is 38.2 Å². The lowest BCUT2D eigenvalue weighted by Gasteiger charge is -2.16. The number of phenols is 1. The van der Waals surface area contributed by atoms with Gasteiger partial charge in [-0.25, -0.2) is 0 Å². The summed E-state index contributed by atoms with van der Waals surface area (Å²) in [7, 11) is 0. The molecule has 0 heterocycles. The summed E-state index contributed by atoms with van der Waals surface area (Å²) in [5, 5.41) is 30.6. The number of aliphatic hydroxyl groups excluding tert-OH is 2. The lowest BCUT2D eigenvalue weighted by Crippen LogP contribution is -2.39. The molecule has 0 aliphatic carbocycles. The second-order valence-electron chi connectivity index (χ2n) is 7.67. The van der Waals surface area contributed by atoms with Crippen molar-refractivity contribution in [1.29, 1.82) is 0 Å². The molecule has 0 aliphatic rings. The molecule has 0 fully saturated rings. The Bertz CT molecular complexity index is 848. The minimum atomic E-state index is -0.483. The summed E-state index contributed by atoms with van der Waals surface area (Å²) in [4.78, 5) is 24.1. The van der Waals surface area contributed by atoms with Gasteiger partial charge in [-0.05, 0) is 43.9 Å². The van der Waals surface area contributed by atoms with E-state index in [4.69, 9.17) is 5.11 Å². The van der Waals surface area contributed by atoms with Crippen molar-refractivity contribution in [2.75, 3.05) is 6.61 Å². The molecule has 0 bridgehead atoms. The molecule has 0 saturated carbocycles. The highest BCUT2D eigenvalue weighted by molar-refractivity contribution is 5.98. The summed E-state index contributed by atoms with van der Waals surface area (Å²) < 4.78 is 0. The van der Waals surface area contributed by atoms with Crippen LogP contribution >= 0.6 is 0 Å². The molecule has 33 heavy (non-hydrogen) atoms. The van der Waals surface area contributed by atoms with Gasteiger partial charge in [0.25, 0.3) is 0 Å². The van der Waals surface area contributed by atoms with Crippen LogP contribution in [0.3, 0.4) is 0 Å². The van der Waals surface area contributed by atoms with Crippen LogP contribution in [0.15, 0.2) is 85.0 Å². The lowest BCUT2D eigenvalue weighted by molar-refractivity contribution is -0.128. The van der Waals surface area contributed by atoms with Gasteiger partial charge in [0.05, 0.1) is 25.2 Å². The molecule has 1 aromatic carbocycles. The van der Waals surface area contributed by atoms with E-state index in [-0.39, 0.29) is 37.1 Å². The molecule has 0 aliphatic heterocycles. The molecule has 6 nitrogen and oxygen atoms in total. The van der Waals surface area contributed by atoms with E-state index in [9.17, 15) is 19.8 Å². The van der Waals surface area contributed by atoms with E-state index >= 15 is 0 Å². The average Bonchev–Trinajstić information content (AvgIpc) is 2.77. The van der Waals surface area contributed by atoms with E-state index in [2.05, 4.69) is 5.32 Å². The Morgan fingerprint density at radius 3 is 2.09 bits per heavy atom. The Balaban J connectivity index is 2.23. The van der Waals surface area contributed by atoms with Crippen LogP contribution in [0.5, 0.6) is 5.75 Å². The fraction of sp³-hybridized carbons (Fsp3) is 0.333. The minimum Gasteiger partial charge on any atom is -0.508 e. The maximum Gasteiger partial charge on any atom is 0.227 e. The summed E-state index contributed by atoms with van der Waals surface area (Å²) in [5.74, 6) is -0.405. The van der Waals surface area contributed by atoms with Gasteiger partial charge in [0, 0.05) is 6.42 Å². The Kier molecular flexibility index (Phi) is 14.6. The number of carbonyl (C=O) groups is 2. The van der Waals surface area contributed by atoms with Gasteiger partial charge in [-0.15, -0.1) is 0 Å². The van der Waals surface area contributed by atoms with E-state index in [0.717, 1.165) is 5.56 Å². The van der Waals surface area contributed by atoms with Gasteiger partial charge >= 0.3 is 0 Å². The van der Waals surface area contributed by atoms with E-state index < -0.39 is 11.9 Å². The van der Waals surface area contributed by atoms with Gasteiger partial charge in [0.15, 0.2) is 0 Å². The first-order chi connectivity index (χ1) is 15.9. The molecule has 6 heteroatoms. The molecule has 0 radical (unpaired) electrons. The summed E-state index contributed by atoms with van der Waals surface area (Å²) in [6, 6.07) is 6.06. The van der Waals surface area contributed by atoms with Crippen LogP contribution < -0.4 is 5.32 Å². The number of ketones is 1. The van der Waals surface area contributed by atoms with Crippen LogP contribution in [-0.2, 0) is 16.0 Å². The number of rotatable bonds is 15. The number of allylic oxidation sites excluding steroid dienone is 9. The van der Waals surface area contributed by atoms with Crippen LogP contribution in [0.4, 0.5) is 0 Å². The third-order valence-corrected chi connectivity index (χ3v) is 4.48. The molecule has 0 aromatic heterocycles. The highest BCUT2D eigenvalue weighted by atomic mass is 16.3. The summed E-state index contributed by atoms with van der Waals surface area (Å²) in [5.41, 5.74) is 0.868. The number of phenolic OH excluding ortho intramolecular Hbond substituents is 1. The molecule has 2 atom stereocenters. The highest BCUT2D eigenvalue weighted by Crippen LogP contribution is 2.11. The predicted octanol–water partition coefficient (Wildman–Crippen LogP) is 3.70. The molecular formula is C27H35NO5. The Morgan fingerprint density at radius 1 is 0.939 bits per heavy atom. The van der Waals surface area contributed by atoms with Crippen LogP contribution in [0.2, 0.25) is 0 Å². The zero-order valence-corrected chi connectivity index (χ0v) is 19.1. The molecule has 1 rings (SSSR count). The first-order valence-electron chi connectivity index (χ1n) is 11.1. The molecule has 1 aromatic rings. The third kappa shape index (κ3) is 15.3. The summed E-state index contributed by atoms with van der Waals surface area (Å²) in [6.07, 6.45) is 20.1. The summed E-state index contributed by atoms with van der Waals surface area (Å²) >= 11 is 0. The SMILES string of the molecule is CC(O)C/C=C/C=C/C=C/C=C/C=C/CCC(=O)CC(=O)NC(CO)Cc1ccc(O)cc1. The topological polar surface area (TPSA) is 107 Å². The van der Waals surface area contributed by atoms with E-state index in [0.29, 0.717) is 19.3 Å². The number of hydrogen-bond donors (Lipinski definition) is 4. The van der Waals surface area contributed by atoms with E-state index in [1.165, 1.54) is 0 Å². The first kappa shape index (κ1) is 27.8. The number of benzene rings is 1. The standard InChI is InChI=1S/C27H35NO5/c1-22(30)13-11-9-7-5-3-2-4-6-8-10-12-14-26(32)20-27(33)28-24(21-29)19-23-15-17-25(31)18-16-23/h2-11,15-18,22,24,29-31H,12-14,19-21H2,1H3,(H,28,33)/b3-2+,6-4+,7-5+,10-8+,11-9+. The predicted molar refractivity (Wildman–Crippen MR) is 132 cm³/mol. The fourth-order valence-electron chi connectivity index (χ4n) is 2.78. The maximum atomic E-state index is 12.1. The highest BCUT2D eigenvalue weighted by Gasteiger charge is 2.15. The van der Waals surface area contributed by atoms with Crippen molar-refractivity contribution < 1.29 is 24.9 Å². The number of amides is 1. The number of hydrogen-bond acceptors (Lipinski definition) is 5. The van der Waals surface area contributed by atoms with Crippen molar-refractivity contribution in [3.63, 3.8) is 0 Å². The van der Waals surface area contributed by atoms with Gasteiger partial charge < -0.3 is 20.6 Å². The van der Waals surface area contributed by atoms with Crippen molar-refractivity contribution in [3.8, 4) is 5.75 Å². The van der Waals surface area contributed by atoms with Crippen molar-refractivity contribution in [2.24, 2.45) is 0 Å². The van der Waals surface area contributed by atoms with Crippen molar-refractivity contribution in [3.05, 3.63) is 90.6 Å². The number of carbonyl (C=O) groups excluding carboxylic acids is 2. The Hall–Kier alpha value is -3.22. The van der Waals surface area contributed by atoms with Gasteiger partial charge in [0.1, 0.15) is 11.5 Å². The monoisotopic (exact) mass is 453 g/mol. The summed E-state index contributed by atoms with van der Waals surface area (Å²) in [6.45, 7) is 1.51. The lowest BCUT2D eigenvalue weighted by atomic mass is 10.1. The Labute approximate surface area is 196 Å². The molecule has 178 valence electrons. The number of aromatic hydroxyl groups is 1. The van der Waals surface area contributed by atoms with E-state index in [1.807, 2.05) is 60.8 Å². The fourth-order valence-corrected chi connectivity index (χ4v) is 2.78. The quantitative estimate of drug-likeness (QED) is 0.239. The second kappa shape index (κ2) is 17.3. The van der Waals surface area contributed by atoms with Crippen LogP contribution in [-0.4, -0.2) is 45.8 Å². The first-order valence-corrected chi connectivity index (χ1v) is 11.1. The second-order valence-corrected chi connectivity index (χ2v) is 7.67. The van der Waals surface area contributed by atoms with Crippen molar-refractivity contribution in [2.45, 2.75) is 51.2 Å². The van der Waals surface area contributed by atoms with Crippen molar-refractivity contribution in [1.82, 2.24) is 5.32 Å². The molecule has 4 N–H and O–H groups in total. The van der Waals surface area contributed by atoms with E-state index in [1.54, 1.807) is 31.2 Å². The molecule has 0 saturated heterocycles. The third-order valence-electron chi connectivity index (χ3n) is 4.48. The van der Waals surface area contributed by atoms with Gasteiger partial charge in [0.2, 0.25) is 5.91 Å². The zero-order chi connectivity index (χ0) is 24.3. The Morgan fingerprint density at radius 2 is 1.52 bits per heavy atom. The zero-order valence-electron chi connectivity index (χ0n) is 19.1. The largest absolute Gasteiger partial charge is 0.508 e. The van der Waals surface area contributed by atoms with Crippen LogP contribution in [0, 0.1) is 0 Å². The van der Waals surface area contributed by atoms with Crippen molar-refractivity contribution >= 4 is 11.7 Å². The molecule has 2 unspecified atom stereocenters. The number of Topliss-reactive ketones (excluding diaryl/α,β-unsaturated/α-hetero) is 1. The number of nitrogens with one attached hydrogen (secondary N) is 1. The van der Waals surface area contributed by atoms with Crippen LogP contribution in [0.25, 0.3) is 0 Å². The minimum absolute atomic E-state index is 0.153. The van der Waals surface area contributed by atoms with Gasteiger partial charge in [-0.2, -0.15) is 0 Å². The van der Waals surface area contributed by atoms with Gasteiger partial charge in [-0.1, -0.05) is 72.9 Å². The average molecular weight is 454 g/mol.